The van der Waals surface area contributed by atoms with Crippen LogP contribution in [0, 0.1) is 0 Å². The lowest BCUT2D eigenvalue weighted by Crippen LogP contribution is -2.52. The molecule has 2 unspecified atom stereocenters. The number of morpholine rings is 1. The fraction of sp³-hybridized carbons (Fsp3) is 0.462. The van der Waals surface area contributed by atoms with Gasteiger partial charge in [0.05, 0.1) is 12.6 Å². The topological polar surface area (TPSA) is 89.0 Å². The van der Waals surface area contributed by atoms with Gasteiger partial charge >= 0.3 is 5.97 Å². The van der Waals surface area contributed by atoms with Crippen LogP contribution in [0.1, 0.15) is 11.6 Å². The molecular weight excluding hydrogens is 264 g/mol. The molecule has 1 saturated heterocycles. The van der Waals surface area contributed by atoms with Gasteiger partial charge in [-0.1, -0.05) is 0 Å². The number of carboxylic acids is 1. The average molecular weight is 280 g/mol. The van der Waals surface area contributed by atoms with Gasteiger partial charge in [0.15, 0.2) is 6.10 Å². The lowest BCUT2D eigenvalue weighted by atomic mass is 9.99. The first kappa shape index (κ1) is 14.4. The monoisotopic (exact) mass is 280 g/mol. The van der Waals surface area contributed by atoms with E-state index in [9.17, 15) is 14.7 Å². The second kappa shape index (κ2) is 6.44. The zero-order chi connectivity index (χ0) is 14.5. The zero-order valence-electron chi connectivity index (χ0n) is 11.1. The molecule has 1 N–H and O–H groups in total. The van der Waals surface area contributed by atoms with Crippen molar-refractivity contribution in [2.75, 3.05) is 26.9 Å². The predicted octanol–water partition coefficient (Wildman–Crippen LogP) is 0.0811. The Kier molecular flexibility index (Phi) is 4.65. The Morgan fingerprint density at radius 2 is 2.25 bits per heavy atom. The van der Waals surface area contributed by atoms with E-state index < -0.39 is 18.1 Å². The number of amides is 1. The van der Waals surface area contributed by atoms with E-state index in [-0.39, 0.29) is 12.5 Å². The van der Waals surface area contributed by atoms with E-state index in [2.05, 4.69) is 4.98 Å². The Morgan fingerprint density at radius 3 is 2.85 bits per heavy atom. The number of nitrogens with zero attached hydrogens (tertiary/aromatic N) is 2. The number of aliphatic carboxylic acids is 1. The first-order valence-electron chi connectivity index (χ1n) is 6.18. The summed E-state index contributed by atoms with van der Waals surface area (Å²) in [5.74, 6) is -1.34. The van der Waals surface area contributed by atoms with Crippen molar-refractivity contribution in [1.82, 2.24) is 9.88 Å². The molecule has 1 aliphatic heterocycles. The minimum atomic E-state index is -1.10. The fourth-order valence-electron chi connectivity index (χ4n) is 2.23. The highest BCUT2D eigenvalue weighted by atomic mass is 16.5. The van der Waals surface area contributed by atoms with E-state index in [1.54, 1.807) is 24.5 Å². The summed E-state index contributed by atoms with van der Waals surface area (Å²) in [5.41, 5.74) is 0.677. The number of carbonyl (C=O) groups excluding carboxylic acids is 1. The number of hydrogen-bond acceptors (Lipinski definition) is 5. The summed E-state index contributed by atoms with van der Waals surface area (Å²) in [6.07, 6.45) is 2.02. The molecule has 20 heavy (non-hydrogen) atoms. The molecule has 7 nitrogen and oxygen atoms in total. The van der Waals surface area contributed by atoms with Crippen molar-refractivity contribution in [2.24, 2.45) is 0 Å². The van der Waals surface area contributed by atoms with Crippen molar-refractivity contribution >= 4 is 11.9 Å². The minimum absolute atomic E-state index is 0.234. The van der Waals surface area contributed by atoms with Crippen LogP contribution in [0.4, 0.5) is 0 Å². The lowest BCUT2D eigenvalue weighted by molar-refractivity contribution is -0.173. The highest BCUT2D eigenvalue weighted by Crippen LogP contribution is 2.29. The van der Waals surface area contributed by atoms with E-state index in [0.717, 1.165) is 0 Å². The first-order valence-corrected chi connectivity index (χ1v) is 6.18. The predicted molar refractivity (Wildman–Crippen MR) is 67.9 cm³/mol. The summed E-state index contributed by atoms with van der Waals surface area (Å²) in [6, 6.07) is 2.69. The second-order valence-electron chi connectivity index (χ2n) is 4.38. The third-order valence-electron chi connectivity index (χ3n) is 3.16. The second-order valence-corrected chi connectivity index (χ2v) is 4.38. The molecule has 1 aliphatic rings. The maximum absolute atomic E-state index is 12.0. The van der Waals surface area contributed by atoms with E-state index in [0.29, 0.717) is 18.7 Å². The van der Waals surface area contributed by atoms with Crippen LogP contribution in [0.25, 0.3) is 0 Å². The van der Waals surface area contributed by atoms with Gasteiger partial charge in [-0.3, -0.25) is 9.78 Å². The standard InChI is InChI=1S/C13H16N2O5/c1-19-7-6-15-10(16)8-20-12(13(17)18)11(15)9-2-4-14-5-3-9/h2-5,11-12H,6-8H2,1H3,(H,17,18). The Balaban J connectivity index is 2.33. The Labute approximate surface area is 116 Å². The molecule has 7 heteroatoms. The number of aromatic nitrogens is 1. The summed E-state index contributed by atoms with van der Waals surface area (Å²) in [4.78, 5) is 28.7. The SMILES string of the molecule is COCCN1C(=O)COC(C(=O)O)C1c1ccncc1. The molecule has 0 spiro atoms. The molecule has 1 amide bonds. The number of pyridine rings is 1. The molecule has 1 aromatic rings. The Bertz CT molecular complexity index is 479. The number of rotatable bonds is 5. The smallest absolute Gasteiger partial charge is 0.335 e. The van der Waals surface area contributed by atoms with Crippen molar-refractivity contribution in [1.29, 1.82) is 0 Å². The molecule has 0 aliphatic carbocycles. The van der Waals surface area contributed by atoms with Gasteiger partial charge in [-0.25, -0.2) is 4.79 Å². The quantitative estimate of drug-likeness (QED) is 0.821. The molecule has 2 heterocycles. The molecule has 1 aromatic heterocycles. The molecule has 0 bridgehead atoms. The van der Waals surface area contributed by atoms with Crippen LogP contribution in [-0.2, 0) is 19.1 Å². The van der Waals surface area contributed by atoms with Crippen molar-refractivity contribution in [3.63, 3.8) is 0 Å². The highest BCUT2D eigenvalue weighted by molar-refractivity contribution is 5.83. The van der Waals surface area contributed by atoms with Crippen molar-refractivity contribution < 1.29 is 24.2 Å². The van der Waals surface area contributed by atoms with Gasteiger partial charge in [0, 0.05) is 26.0 Å². The van der Waals surface area contributed by atoms with Gasteiger partial charge < -0.3 is 19.5 Å². The van der Waals surface area contributed by atoms with Crippen LogP contribution in [0.3, 0.4) is 0 Å². The van der Waals surface area contributed by atoms with E-state index in [1.807, 2.05) is 0 Å². The number of hydrogen-bond donors (Lipinski definition) is 1. The normalized spacial score (nSPS) is 22.9. The van der Waals surface area contributed by atoms with Gasteiger partial charge in [-0.15, -0.1) is 0 Å². The van der Waals surface area contributed by atoms with Gasteiger partial charge in [-0.2, -0.15) is 0 Å². The molecule has 0 aromatic carbocycles. The van der Waals surface area contributed by atoms with Gasteiger partial charge in [0.25, 0.3) is 0 Å². The maximum atomic E-state index is 12.0. The van der Waals surface area contributed by atoms with Crippen LogP contribution in [-0.4, -0.2) is 59.8 Å². The fourth-order valence-corrected chi connectivity index (χ4v) is 2.23. The van der Waals surface area contributed by atoms with Crippen LogP contribution in [0.15, 0.2) is 24.5 Å². The van der Waals surface area contributed by atoms with Crippen molar-refractivity contribution in [2.45, 2.75) is 12.1 Å². The summed E-state index contributed by atoms with van der Waals surface area (Å²) < 4.78 is 10.2. The lowest BCUT2D eigenvalue weighted by Gasteiger charge is -2.39. The third-order valence-corrected chi connectivity index (χ3v) is 3.16. The maximum Gasteiger partial charge on any atom is 0.335 e. The zero-order valence-corrected chi connectivity index (χ0v) is 11.1. The molecule has 108 valence electrons. The van der Waals surface area contributed by atoms with E-state index >= 15 is 0 Å². The summed E-state index contributed by atoms with van der Waals surface area (Å²) in [7, 11) is 1.53. The molecule has 2 atom stereocenters. The first-order chi connectivity index (χ1) is 9.65. The van der Waals surface area contributed by atoms with Gasteiger partial charge in [0.1, 0.15) is 6.61 Å². The summed E-state index contributed by atoms with van der Waals surface area (Å²) in [6.45, 7) is 0.414. The van der Waals surface area contributed by atoms with Crippen LogP contribution >= 0.6 is 0 Å². The molecule has 0 saturated carbocycles. The van der Waals surface area contributed by atoms with E-state index in [4.69, 9.17) is 9.47 Å². The highest BCUT2D eigenvalue weighted by Gasteiger charge is 2.41. The van der Waals surface area contributed by atoms with Crippen LogP contribution < -0.4 is 0 Å². The van der Waals surface area contributed by atoms with Crippen LogP contribution in [0.5, 0.6) is 0 Å². The third kappa shape index (κ3) is 2.94. The summed E-state index contributed by atoms with van der Waals surface area (Å²) in [5, 5.41) is 9.29. The largest absolute Gasteiger partial charge is 0.479 e. The number of ether oxygens (including phenoxy) is 2. The van der Waals surface area contributed by atoms with Crippen molar-refractivity contribution in [3.8, 4) is 0 Å². The number of carbonyl (C=O) groups is 2. The van der Waals surface area contributed by atoms with Crippen LogP contribution in [0.2, 0.25) is 0 Å². The Hall–Kier alpha value is -1.99. The minimum Gasteiger partial charge on any atom is -0.479 e. The number of methoxy groups -OCH3 is 1. The van der Waals surface area contributed by atoms with Gasteiger partial charge in [0.2, 0.25) is 5.91 Å². The summed E-state index contributed by atoms with van der Waals surface area (Å²) >= 11 is 0. The molecule has 0 radical (unpaired) electrons. The molecule has 1 fully saturated rings. The van der Waals surface area contributed by atoms with E-state index in [1.165, 1.54) is 12.0 Å². The number of carboxylic acid groups (broad SMARTS) is 1. The molecular formula is C13H16N2O5. The Morgan fingerprint density at radius 1 is 1.55 bits per heavy atom. The molecule has 2 rings (SSSR count). The van der Waals surface area contributed by atoms with Crippen molar-refractivity contribution in [3.05, 3.63) is 30.1 Å². The van der Waals surface area contributed by atoms with Gasteiger partial charge in [-0.05, 0) is 17.7 Å². The average Bonchev–Trinajstić information content (AvgIpc) is 2.46.